The standard InChI is InChI=1S/C17H24N2O4S/c1-4-11-5-6-13-12(7-11)8-14(24-13)16(21)23-9-15(20)19-17(22)18-10(2)3/h8,10-11H,4-7,9H2,1-3H3,(H2,18,19,20,22)/t11-/m1/s1. The van der Waals surface area contributed by atoms with Crippen LogP contribution >= 0.6 is 11.3 Å². The molecular weight excluding hydrogens is 328 g/mol. The fourth-order valence-corrected chi connectivity index (χ4v) is 3.81. The van der Waals surface area contributed by atoms with Crippen molar-refractivity contribution in [3.8, 4) is 0 Å². The summed E-state index contributed by atoms with van der Waals surface area (Å²) in [4.78, 5) is 36.8. The summed E-state index contributed by atoms with van der Waals surface area (Å²) < 4.78 is 5.01. The van der Waals surface area contributed by atoms with Gasteiger partial charge >= 0.3 is 12.0 Å². The van der Waals surface area contributed by atoms with Crippen molar-refractivity contribution >= 4 is 29.2 Å². The summed E-state index contributed by atoms with van der Waals surface area (Å²) in [6, 6.07) is 1.21. The average molecular weight is 352 g/mol. The minimum absolute atomic E-state index is 0.0789. The second kappa shape index (κ2) is 8.28. The number of aryl methyl sites for hydroxylation is 1. The number of hydrogen-bond donors (Lipinski definition) is 2. The molecule has 1 aromatic heterocycles. The highest BCUT2D eigenvalue weighted by molar-refractivity contribution is 7.14. The van der Waals surface area contributed by atoms with Gasteiger partial charge in [-0.1, -0.05) is 13.3 Å². The third-order valence-corrected chi connectivity index (χ3v) is 5.19. The molecular formula is C17H24N2O4S. The Morgan fingerprint density at radius 2 is 2.12 bits per heavy atom. The second-order valence-corrected chi connectivity index (χ2v) is 7.47. The zero-order chi connectivity index (χ0) is 17.7. The molecule has 0 saturated heterocycles. The van der Waals surface area contributed by atoms with Gasteiger partial charge in [-0.15, -0.1) is 11.3 Å². The van der Waals surface area contributed by atoms with E-state index in [1.165, 1.54) is 21.8 Å². The number of amides is 3. The molecule has 0 radical (unpaired) electrons. The van der Waals surface area contributed by atoms with E-state index >= 15 is 0 Å². The highest BCUT2D eigenvalue weighted by Gasteiger charge is 2.23. The van der Waals surface area contributed by atoms with Gasteiger partial charge in [0, 0.05) is 10.9 Å². The van der Waals surface area contributed by atoms with Crippen LogP contribution in [0.25, 0.3) is 0 Å². The van der Waals surface area contributed by atoms with E-state index in [0.717, 1.165) is 25.7 Å². The Balaban J connectivity index is 1.84. The van der Waals surface area contributed by atoms with E-state index in [0.29, 0.717) is 10.8 Å². The molecule has 1 atom stereocenters. The topological polar surface area (TPSA) is 84.5 Å². The molecule has 0 aromatic carbocycles. The Morgan fingerprint density at radius 1 is 1.38 bits per heavy atom. The number of hydrogen-bond acceptors (Lipinski definition) is 5. The van der Waals surface area contributed by atoms with Gasteiger partial charge < -0.3 is 10.1 Å². The van der Waals surface area contributed by atoms with Crippen molar-refractivity contribution in [2.24, 2.45) is 5.92 Å². The first-order valence-electron chi connectivity index (χ1n) is 8.28. The highest BCUT2D eigenvalue weighted by atomic mass is 32.1. The van der Waals surface area contributed by atoms with Crippen LogP contribution in [-0.2, 0) is 22.4 Å². The first-order valence-corrected chi connectivity index (χ1v) is 9.09. The Labute approximate surface area is 146 Å². The van der Waals surface area contributed by atoms with Gasteiger partial charge in [0.1, 0.15) is 4.88 Å². The molecule has 0 bridgehead atoms. The maximum absolute atomic E-state index is 12.1. The second-order valence-electron chi connectivity index (χ2n) is 6.33. The molecule has 2 N–H and O–H groups in total. The lowest BCUT2D eigenvalue weighted by Crippen LogP contribution is -2.44. The van der Waals surface area contributed by atoms with E-state index in [2.05, 4.69) is 17.6 Å². The zero-order valence-corrected chi connectivity index (χ0v) is 15.1. The van der Waals surface area contributed by atoms with Crippen LogP contribution in [0.5, 0.6) is 0 Å². The summed E-state index contributed by atoms with van der Waals surface area (Å²) in [7, 11) is 0. The molecule has 0 fully saturated rings. The molecule has 6 nitrogen and oxygen atoms in total. The molecule has 2 rings (SSSR count). The van der Waals surface area contributed by atoms with Gasteiger partial charge in [0.2, 0.25) is 0 Å². The Bertz CT molecular complexity index is 624. The van der Waals surface area contributed by atoms with Crippen molar-refractivity contribution in [3.63, 3.8) is 0 Å². The van der Waals surface area contributed by atoms with Crippen LogP contribution in [0, 0.1) is 5.92 Å². The van der Waals surface area contributed by atoms with Crippen molar-refractivity contribution in [2.75, 3.05) is 6.61 Å². The van der Waals surface area contributed by atoms with E-state index < -0.39 is 24.5 Å². The van der Waals surface area contributed by atoms with Crippen molar-refractivity contribution < 1.29 is 19.1 Å². The number of carbonyl (C=O) groups excluding carboxylic acids is 3. The normalized spacial score (nSPS) is 16.4. The van der Waals surface area contributed by atoms with Crippen LogP contribution in [0.4, 0.5) is 4.79 Å². The van der Waals surface area contributed by atoms with Gasteiger partial charge in [-0.05, 0) is 50.7 Å². The van der Waals surface area contributed by atoms with Crippen LogP contribution in [0.2, 0.25) is 0 Å². The SMILES string of the molecule is CC[C@@H]1CCc2sc(C(=O)OCC(=O)NC(=O)NC(C)C)cc2C1. The number of fused-ring (bicyclic) bond motifs is 1. The molecule has 1 aliphatic carbocycles. The Hall–Kier alpha value is -1.89. The van der Waals surface area contributed by atoms with Crippen LogP contribution < -0.4 is 10.6 Å². The number of ether oxygens (including phenoxy) is 1. The maximum Gasteiger partial charge on any atom is 0.348 e. The van der Waals surface area contributed by atoms with Crippen molar-refractivity contribution in [1.82, 2.24) is 10.6 Å². The number of thiophene rings is 1. The molecule has 7 heteroatoms. The van der Waals surface area contributed by atoms with Crippen LogP contribution in [0.15, 0.2) is 6.07 Å². The van der Waals surface area contributed by atoms with Gasteiger partial charge in [0.25, 0.3) is 5.91 Å². The smallest absolute Gasteiger partial charge is 0.348 e. The summed E-state index contributed by atoms with van der Waals surface area (Å²) in [5, 5.41) is 4.64. The van der Waals surface area contributed by atoms with E-state index in [4.69, 9.17) is 4.74 Å². The number of nitrogens with one attached hydrogen (secondary N) is 2. The third-order valence-electron chi connectivity index (χ3n) is 3.97. The van der Waals surface area contributed by atoms with Crippen LogP contribution in [-0.4, -0.2) is 30.6 Å². The highest BCUT2D eigenvalue weighted by Crippen LogP contribution is 2.33. The predicted molar refractivity (Wildman–Crippen MR) is 92.2 cm³/mol. The summed E-state index contributed by atoms with van der Waals surface area (Å²) >= 11 is 1.44. The lowest BCUT2D eigenvalue weighted by molar-refractivity contribution is -0.123. The lowest BCUT2D eigenvalue weighted by Gasteiger charge is -2.19. The zero-order valence-electron chi connectivity index (χ0n) is 14.3. The molecule has 0 spiro atoms. The van der Waals surface area contributed by atoms with Crippen molar-refractivity contribution in [2.45, 2.75) is 52.5 Å². The van der Waals surface area contributed by atoms with Crippen LogP contribution in [0.3, 0.4) is 0 Å². The van der Waals surface area contributed by atoms with Gasteiger partial charge in [-0.25, -0.2) is 9.59 Å². The minimum Gasteiger partial charge on any atom is -0.451 e. The molecule has 0 aliphatic heterocycles. The summed E-state index contributed by atoms with van der Waals surface area (Å²) in [5.41, 5.74) is 1.23. The fraction of sp³-hybridized carbons (Fsp3) is 0.588. The minimum atomic E-state index is -0.645. The molecule has 132 valence electrons. The number of imide groups is 1. The maximum atomic E-state index is 12.1. The Morgan fingerprint density at radius 3 is 2.79 bits per heavy atom. The molecule has 1 aliphatic rings. The van der Waals surface area contributed by atoms with Crippen molar-refractivity contribution in [3.05, 3.63) is 21.4 Å². The van der Waals surface area contributed by atoms with Gasteiger partial charge in [0.15, 0.2) is 6.61 Å². The quantitative estimate of drug-likeness (QED) is 0.798. The van der Waals surface area contributed by atoms with Crippen molar-refractivity contribution in [1.29, 1.82) is 0 Å². The molecule has 1 heterocycles. The van der Waals surface area contributed by atoms with E-state index in [9.17, 15) is 14.4 Å². The van der Waals surface area contributed by atoms with Gasteiger partial charge in [-0.2, -0.15) is 0 Å². The lowest BCUT2D eigenvalue weighted by atomic mass is 9.87. The first kappa shape index (κ1) is 18.4. The monoisotopic (exact) mass is 352 g/mol. The van der Waals surface area contributed by atoms with Crippen LogP contribution in [0.1, 0.15) is 53.7 Å². The number of rotatable bonds is 5. The molecule has 0 unspecified atom stereocenters. The van der Waals surface area contributed by atoms with E-state index in [1.54, 1.807) is 13.8 Å². The summed E-state index contributed by atoms with van der Waals surface area (Å²) in [6.07, 6.45) is 4.31. The van der Waals surface area contributed by atoms with E-state index in [-0.39, 0.29) is 6.04 Å². The summed E-state index contributed by atoms with van der Waals surface area (Å²) in [6.45, 7) is 5.28. The first-order chi connectivity index (χ1) is 11.4. The summed E-state index contributed by atoms with van der Waals surface area (Å²) in [5.74, 6) is -0.475. The Kier molecular flexibility index (Phi) is 6.36. The number of esters is 1. The van der Waals surface area contributed by atoms with E-state index in [1.807, 2.05) is 6.07 Å². The third kappa shape index (κ3) is 5.06. The predicted octanol–water partition coefficient (Wildman–Crippen LogP) is 2.65. The average Bonchev–Trinajstić information content (AvgIpc) is 2.94. The number of carbonyl (C=O) groups is 3. The number of urea groups is 1. The molecule has 1 aromatic rings. The molecule has 3 amide bonds. The van der Waals surface area contributed by atoms with Gasteiger partial charge in [0.05, 0.1) is 0 Å². The fourth-order valence-electron chi connectivity index (χ4n) is 2.71. The molecule has 0 saturated carbocycles. The largest absolute Gasteiger partial charge is 0.451 e. The van der Waals surface area contributed by atoms with Gasteiger partial charge in [-0.3, -0.25) is 10.1 Å². The molecule has 24 heavy (non-hydrogen) atoms.